The molecule has 0 radical (unpaired) electrons. The monoisotopic (exact) mass is 270 g/mol. The molecule has 1 N–H and O–H groups in total. The van der Waals surface area contributed by atoms with Gasteiger partial charge in [0.25, 0.3) is 0 Å². The number of hydrogen-bond donors (Lipinski definition) is 1. The zero-order valence-electron chi connectivity index (χ0n) is 12.4. The van der Waals surface area contributed by atoms with Gasteiger partial charge in [-0.2, -0.15) is 0 Å². The van der Waals surface area contributed by atoms with Crippen molar-refractivity contribution in [2.24, 2.45) is 0 Å². The molecule has 0 bridgehead atoms. The molecule has 20 heavy (non-hydrogen) atoms. The van der Waals surface area contributed by atoms with Gasteiger partial charge in [0.2, 0.25) is 5.88 Å². The summed E-state index contributed by atoms with van der Waals surface area (Å²) in [5, 5.41) is 4.65. The first-order valence-corrected chi connectivity index (χ1v) is 7.49. The zero-order chi connectivity index (χ0) is 14.1. The number of aromatic nitrogens is 1. The first-order chi connectivity index (χ1) is 9.69. The highest BCUT2D eigenvalue weighted by molar-refractivity contribution is 5.83. The SMILES string of the molecule is CC[C@H]1CNCc2cc3cccc(C(C)C)c3nc2O1. The number of nitrogens with zero attached hydrogens (tertiary/aromatic N) is 1. The lowest BCUT2D eigenvalue weighted by atomic mass is 9.99. The molecule has 0 fully saturated rings. The molecule has 0 saturated heterocycles. The highest BCUT2D eigenvalue weighted by Gasteiger charge is 2.18. The molecule has 3 nitrogen and oxygen atoms in total. The molecule has 2 heterocycles. The predicted molar refractivity (Wildman–Crippen MR) is 82.2 cm³/mol. The van der Waals surface area contributed by atoms with Gasteiger partial charge < -0.3 is 10.1 Å². The Hall–Kier alpha value is -1.61. The zero-order valence-corrected chi connectivity index (χ0v) is 12.4. The van der Waals surface area contributed by atoms with Gasteiger partial charge in [0.05, 0.1) is 5.52 Å². The van der Waals surface area contributed by atoms with Gasteiger partial charge in [0.15, 0.2) is 0 Å². The lowest BCUT2D eigenvalue weighted by molar-refractivity contribution is 0.195. The maximum Gasteiger partial charge on any atom is 0.218 e. The molecule has 2 aromatic rings. The highest BCUT2D eigenvalue weighted by Crippen LogP contribution is 2.29. The summed E-state index contributed by atoms with van der Waals surface area (Å²) in [6.45, 7) is 8.29. The Kier molecular flexibility index (Phi) is 3.62. The number of pyridine rings is 1. The molecule has 0 aliphatic carbocycles. The molecule has 3 heteroatoms. The molecule has 1 aliphatic rings. The standard InChI is InChI=1S/C17H22N2O/c1-4-14-10-18-9-13-8-12-6-5-7-15(11(2)3)16(12)19-17(13)20-14/h5-8,11,14,18H,4,9-10H2,1-3H3/t14-/m0/s1. The van der Waals surface area contributed by atoms with Gasteiger partial charge in [-0.1, -0.05) is 39.0 Å². The van der Waals surface area contributed by atoms with E-state index in [1.807, 2.05) is 0 Å². The Labute approximate surface area is 120 Å². The van der Waals surface area contributed by atoms with Crippen LogP contribution in [0, 0.1) is 0 Å². The topological polar surface area (TPSA) is 34.2 Å². The van der Waals surface area contributed by atoms with E-state index < -0.39 is 0 Å². The average Bonchev–Trinajstić information content (AvgIpc) is 2.65. The molecule has 1 aromatic carbocycles. The van der Waals surface area contributed by atoms with Crippen molar-refractivity contribution in [3.05, 3.63) is 35.4 Å². The minimum absolute atomic E-state index is 0.215. The molecule has 0 unspecified atom stereocenters. The number of para-hydroxylation sites is 1. The van der Waals surface area contributed by atoms with E-state index in [4.69, 9.17) is 9.72 Å². The van der Waals surface area contributed by atoms with Gasteiger partial charge in [-0.3, -0.25) is 0 Å². The van der Waals surface area contributed by atoms with Gasteiger partial charge in [0, 0.05) is 24.0 Å². The quantitative estimate of drug-likeness (QED) is 0.905. The smallest absolute Gasteiger partial charge is 0.218 e. The Morgan fingerprint density at radius 1 is 1.40 bits per heavy atom. The fourth-order valence-corrected chi connectivity index (χ4v) is 2.74. The number of hydrogen-bond acceptors (Lipinski definition) is 3. The third-order valence-corrected chi connectivity index (χ3v) is 3.96. The molecular weight excluding hydrogens is 248 g/mol. The van der Waals surface area contributed by atoms with Crippen LogP contribution in [0.3, 0.4) is 0 Å². The lowest BCUT2D eigenvalue weighted by Crippen LogP contribution is -2.27. The van der Waals surface area contributed by atoms with Crippen LogP contribution in [-0.4, -0.2) is 17.6 Å². The number of nitrogens with one attached hydrogen (secondary N) is 1. The summed E-state index contributed by atoms with van der Waals surface area (Å²) in [4.78, 5) is 4.83. The second-order valence-electron chi connectivity index (χ2n) is 5.81. The van der Waals surface area contributed by atoms with Gasteiger partial charge in [-0.15, -0.1) is 0 Å². The Bertz CT molecular complexity index is 622. The van der Waals surface area contributed by atoms with Gasteiger partial charge >= 0.3 is 0 Å². The number of ether oxygens (including phenoxy) is 1. The predicted octanol–water partition coefficient (Wildman–Crippen LogP) is 3.62. The van der Waals surface area contributed by atoms with E-state index in [-0.39, 0.29) is 6.10 Å². The van der Waals surface area contributed by atoms with Crippen molar-refractivity contribution in [3.63, 3.8) is 0 Å². The third kappa shape index (κ3) is 2.38. The van der Waals surface area contributed by atoms with Crippen molar-refractivity contribution in [3.8, 4) is 5.88 Å². The summed E-state index contributed by atoms with van der Waals surface area (Å²) in [5.74, 6) is 1.28. The molecule has 106 valence electrons. The van der Waals surface area contributed by atoms with Crippen molar-refractivity contribution in [2.75, 3.05) is 6.54 Å². The van der Waals surface area contributed by atoms with Crippen LogP contribution in [0.2, 0.25) is 0 Å². The molecular formula is C17H22N2O. The Morgan fingerprint density at radius 3 is 3.00 bits per heavy atom. The van der Waals surface area contributed by atoms with E-state index in [9.17, 15) is 0 Å². The van der Waals surface area contributed by atoms with Gasteiger partial charge in [0.1, 0.15) is 6.10 Å². The molecule has 3 rings (SSSR count). The maximum atomic E-state index is 6.08. The van der Waals surface area contributed by atoms with Crippen LogP contribution in [-0.2, 0) is 6.54 Å². The summed E-state index contributed by atoms with van der Waals surface area (Å²) < 4.78 is 6.08. The number of benzene rings is 1. The van der Waals surface area contributed by atoms with Gasteiger partial charge in [-0.05, 0) is 24.0 Å². The fraction of sp³-hybridized carbons (Fsp3) is 0.471. The van der Waals surface area contributed by atoms with Crippen LogP contribution in [0.1, 0.15) is 44.2 Å². The van der Waals surface area contributed by atoms with E-state index in [2.05, 4.69) is 50.4 Å². The average molecular weight is 270 g/mol. The first kappa shape index (κ1) is 13.4. The van der Waals surface area contributed by atoms with Crippen molar-refractivity contribution >= 4 is 10.9 Å². The Morgan fingerprint density at radius 2 is 2.25 bits per heavy atom. The largest absolute Gasteiger partial charge is 0.473 e. The van der Waals surface area contributed by atoms with E-state index in [0.29, 0.717) is 5.92 Å². The molecule has 1 aliphatic heterocycles. The van der Waals surface area contributed by atoms with Crippen molar-refractivity contribution in [2.45, 2.75) is 45.8 Å². The molecule has 0 amide bonds. The van der Waals surface area contributed by atoms with E-state index >= 15 is 0 Å². The molecule has 0 saturated carbocycles. The van der Waals surface area contributed by atoms with E-state index in [0.717, 1.165) is 36.5 Å². The summed E-state index contributed by atoms with van der Waals surface area (Å²) in [7, 11) is 0. The molecule has 0 spiro atoms. The van der Waals surface area contributed by atoms with Crippen molar-refractivity contribution < 1.29 is 4.74 Å². The summed E-state index contributed by atoms with van der Waals surface area (Å²) in [5.41, 5.74) is 3.53. The van der Waals surface area contributed by atoms with Gasteiger partial charge in [-0.25, -0.2) is 4.98 Å². The minimum atomic E-state index is 0.215. The van der Waals surface area contributed by atoms with Crippen molar-refractivity contribution in [1.82, 2.24) is 10.3 Å². The van der Waals surface area contributed by atoms with E-state index in [1.54, 1.807) is 0 Å². The lowest BCUT2D eigenvalue weighted by Gasteiger charge is -2.16. The normalized spacial score (nSPS) is 18.7. The van der Waals surface area contributed by atoms with Crippen LogP contribution >= 0.6 is 0 Å². The fourth-order valence-electron chi connectivity index (χ4n) is 2.74. The van der Waals surface area contributed by atoms with Crippen LogP contribution in [0.5, 0.6) is 5.88 Å². The van der Waals surface area contributed by atoms with Crippen LogP contribution in [0.25, 0.3) is 10.9 Å². The van der Waals surface area contributed by atoms with E-state index in [1.165, 1.54) is 10.9 Å². The first-order valence-electron chi connectivity index (χ1n) is 7.49. The van der Waals surface area contributed by atoms with Crippen LogP contribution in [0.4, 0.5) is 0 Å². The maximum absolute atomic E-state index is 6.08. The second-order valence-corrected chi connectivity index (χ2v) is 5.81. The molecule has 1 atom stereocenters. The van der Waals surface area contributed by atoms with Crippen LogP contribution in [0.15, 0.2) is 24.3 Å². The number of fused-ring (bicyclic) bond motifs is 2. The number of rotatable bonds is 2. The highest BCUT2D eigenvalue weighted by atomic mass is 16.5. The minimum Gasteiger partial charge on any atom is -0.473 e. The van der Waals surface area contributed by atoms with Crippen molar-refractivity contribution in [1.29, 1.82) is 0 Å². The second kappa shape index (κ2) is 5.41. The summed E-state index contributed by atoms with van der Waals surface area (Å²) >= 11 is 0. The third-order valence-electron chi connectivity index (χ3n) is 3.96. The summed E-state index contributed by atoms with van der Waals surface area (Å²) in [6, 6.07) is 8.63. The van der Waals surface area contributed by atoms with Crippen LogP contribution < -0.4 is 10.1 Å². The summed E-state index contributed by atoms with van der Waals surface area (Å²) in [6.07, 6.45) is 1.21. The molecule has 1 aromatic heterocycles. The Balaban J connectivity index is 2.14.